The first kappa shape index (κ1) is 16.9. The highest BCUT2D eigenvalue weighted by molar-refractivity contribution is 5.80. The lowest BCUT2D eigenvalue weighted by Gasteiger charge is -2.23. The molecule has 0 aliphatic carbocycles. The van der Waals surface area contributed by atoms with Gasteiger partial charge in [-0.15, -0.1) is 13.2 Å². The fourth-order valence-corrected chi connectivity index (χ4v) is 3.21. The maximum absolute atomic E-state index is 12.5. The second-order valence-corrected chi connectivity index (χ2v) is 5.94. The van der Waals surface area contributed by atoms with Crippen molar-refractivity contribution in [2.24, 2.45) is 4.99 Å². The summed E-state index contributed by atoms with van der Waals surface area (Å²) in [7, 11) is 1.63. The van der Waals surface area contributed by atoms with Gasteiger partial charge in [-0.3, -0.25) is 4.99 Å². The fourth-order valence-electron chi connectivity index (χ4n) is 3.21. The monoisotopic (exact) mass is 343 g/mol. The maximum atomic E-state index is 12.5. The summed E-state index contributed by atoms with van der Waals surface area (Å²) in [6, 6.07) is 6.24. The van der Waals surface area contributed by atoms with Gasteiger partial charge < -0.3 is 20.1 Å². The smallest absolute Gasteiger partial charge is 0.405 e. The molecule has 1 aromatic rings. The predicted octanol–water partition coefficient (Wildman–Crippen LogP) is 2.57. The molecule has 1 aromatic carbocycles. The van der Waals surface area contributed by atoms with E-state index in [1.165, 1.54) is 12.1 Å². The summed E-state index contributed by atoms with van der Waals surface area (Å²) in [6.07, 6.45) is -1.16. The van der Waals surface area contributed by atoms with Gasteiger partial charge in [0.15, 0.2) is 5.96 Å². The molecule has 0 saturated carbocycles. The first-order chi connectivity index (χ1) is 11.4. The van der Waals surface area contributed by atoms with Gasteiger partial charge in [-0.25, -0.2) is 0 Å². The molecule has 0 amide bonds. The van der Waals surface area contributed by atoms with Gasteiger partial charge in [0.05, 0.1) is 18.2 Å². The number of halogens is 3. The SMILES string of the molecule is CN=C(NCc1ccccc1OC(F)(F)F)NC1CC2CCC1O2. The third-order valence-corrected chi connectivity index (χ3v) is 4.30. The summed E-state index contributed by atoms with van der Waals surface area (Å²) in [5, 5.41) is 6.32. The molecule has 8 heteroatoms. The molecule has 2 aliphatic heterocycles. The van der Waals surface area contributed by atoms with Crippen molar-refractivity contribution < 1.29 is 22.6 Å². The largest absolute Gasteiger partial charge is 0.573 e. The third-order valence-electron chi connectivity index (χ3n) is 4.30. The summed E-state index contributed by atoms with van der Waals surface area (Å²) in [5.41, 5.74) is 0.405. The number of rotatable bonds is 4. The molecule has 0 radical (unpaired) electrons. The van der Waals surface area contributed by atoms with E-state index in [0.717, 1.165) is 19.3 Å². The molecule has 2 N–H and O–H groups in total. The standard InChI is InChI=1S/C16H20F3N3O2/c1-20-15(22-12-8-11-6-7-14(12)23-11)21-9-10-4-2-3-5-13(10)24-16(17,18)19/h2-5,11-12,14H,6-9H2,1H3,(H2,20,21,22). The highest BCUT2D eigenvalue weighted by Gasteiger charge is 2.41. The molecular formula is C16H20F3N3O2. The van der Waals surface area contributed by atoms with E-state index >= 15 is 0 Å². The van der Waals surface area contributed by atoms with E-state index in [2.05, 4.69) is 20.4 Å². The van der Waals surface area contributed by atoms with Crippen molar-refractivity contribution >= 4 is 5.96 Å². The van der Waals surface area contributed by atoms with E-state index in [4.69, 9.17) is 4.74 Å². The van der Waals surface area contributed by atoms with Crippen LogP contribution in [-0.4, -0.2) is 37.6 Å². The zero-order valence-corrected chi connectivity index (χ0v) is 13.3. The van der Waals surface area contributed by atoms with E-state index in [1.807, 2.05) is 0 Å². The Labute approximate surface area is 138 Å². The molecule has 0 aromatic heterocycles. The first-order valence-corrected chi connectivity index (χ1v) is 7.91. The molecule has 2 fully saturated rings. The van der Waals surface area contributed by atoms with E-state index < -0.39 is 6.36 Å². The molecule has 2 bridgehead atoms. The van der Waals surface area contributed by atoms with Crippen LogP contribution in [0.2, 0.25) is 0 Å². The summed E-state index contributed by atoms with van der Waals surface area (Å²) < 4.78 is 47.2. The minimum absolute atomic E-state index is 0.174. The van der Waals surface area contributed by atoms with E-state index in [1.54, 1.807) is 19.2 Å². The zero-order valence-electron chi connectivity index (χ0n) is 13.3. The van der Waals surface area contributed by atoms with Crippen LogP contribution in [0.5, 0.6) is 5.75 Å². The van der Waals surface area contributed by atoms with Crippen molar-refractivity contribution in [3.05, 3.63) is 29.8 Å². The zero-order chi connectivity index (χ0) is 17.2. The number of aliphatic imine (C=N–C) groups is 1. The minimum atomic E-state index is -4.71. The molecule has 2 saturated heterocycles. The maximum Gasteiger partial charge on any atom is 0.573 e. The molecule has 24 heavy (non-hydrogen) atoms. The highest BCUT2D eigenvalue weighted by Crippen LogP contribution is 2.34. The van der Waals surface area contributed by atoms with Gasteiger partial charge in [0.2, 0.25) is 0 Å². The number of guanidine groups is 1. The van der Waals surface area contributed by atoms with Crippen LogP contribution in [0.4, 0.5) is 13.2 Å². The van der Waals surface area contributed by atoms with E-state index in [-0.39, 0.29) is 24.4 Å². The number of benzene rings is 1. The number of ether oxygens (including phenoxy) is 2. The summed E-state index contributed by atoms with van der Waals surface area (Å²) in [5.74, 6) is 0.328. The third kappa shape index (κ3) is 4.11. The molecule has 3 unspecified atom stereocenters. The quantitative estimate of drug-likeness (QED) is 0.652. The van der Waals surface area contributed by atoms with Gasteiger partial charge in [-0.05, 0) is 25.3 Å². The molecular weight excluding hydrogens is 323 g/mol. The van der Waals surface area contributed by atoms with Gasteiger partial charge in [-0.1, -0.05) is 18.2 Å². The Morgan fingerprint density at radius 1 is 1.33 bits per heavy atom. The van der Waals surface area contributed by atoms with Gasteiger partial charge in [0.1, 0.15) is 5.75 Å². The van der Waals surface area contributed by atoms with Crippen LogP contribution in [-0.2, 0) is 11.3 Å². The van der Waals surface area contributed by atoms with Gasteiger partial charge in [0.25, 0.3) is 0 Å². The van der Waals surface area contributed by atoms with Crippen molar-refractivity contribution in [2.45, 2.75) is 50.4 Å². The number of fused-ring (bicyclic) bond motifs is 2. The molecule has 3 atom stereocenters. The number of para-hydroxylation sites is 1. The molecule has 132 valence electrons. The lowest BCUT2D eigenvalue weighted by atomic mass is 9.96. The van der Waals surface area contributed by atoms with Gasteiger partial charge >= 0.3 is 6.36 Å². The lowest BCUT2D eigenvalue weighted by Crippen LogP contribution is -2.47. The van der Waals surface area contributed by atoms with Crippen molar-refractivity contribution in [2.75, 3.05) is 7.05 Å². The van der Waals surface area contributed by atoms with Crippen molar-refractivity contribution in [1.82, 2.24) is 10.6 Å². The van der Waals surface area contributed by atoms with Crippen molar-refractivity contribution in [3.63, 3.8) is 0 Å². The Morgan fingerprint density at radius 2 is 2.12 bits per heavy atom. The molecule has 2 heterocycles. The normalized spacial score (nSPS) is 26.5. The van der Waals surface area contributed by atoms with Crippen LogP contribution in [0, 0.1) is 0 Å². The Hall–Kier alpha value is -1.96. The molecule has 5 nitrogen and oxygen atoms in total. The highest BCUT2D eigenvalue weighted by atomic mass is 19.4. The summed E-state index contributed by atoms with van der Waals surface area (Å²) >= 11 is 0. The van der Waals surface area contributed by atoms with Crippen molar-refractivity contribution in [1.29, 1.82) is 0 Å². The van der Waals surface area contributed by atoms with E-state index in [0.29, 0.717) is 17.6 Å². The predicted molar refractivity (Wildman–Crippen MR) is 82.8 cm³/mol. The van der Waals surface area contributed by atoms with Crippen molar-refractivity contribution in [3.8, 4) is 5.75 Å². The number of hydrogen-bond acceptors (Lipinski definition) is 3. The minimum Gasteiger partial charge on any atom is -0.405 e. The second kappa shape index (κ2) is 6.88. The van der Waals surface area contributed by atoms with E-state index in [9.17, 15) is 13.2 Å². The first-order valence-electron chi connectivity index (χ1n) is 7.91. The van der Waals surface area contributed by atoms with Gasteiger partial charge in [0, 0.05) is 19.2 Å². The number of nitrogens with one attached hydrogen (secondary N) is 2. The summed E-state index contributed by atoms with van der Waals surface area (Å²) in [4.78, 5) is 4.13. The van der Waals surface area contributed by atoms with Crippen LogP contribution in [0.1, 0.15) is 24.8 Å². The topological polar surface area (TPSA) is 54.9 Å². The Bertz CT molecular complexity index is 606. The lowest BCUT2D eigenvalue weighted by molar-refractivity contribution is -0.274. The molecule has 2 aliphatic rings. The molecule has 3 rings (SSSR count). The summed E-state index contributed by atoms with van der Waals surface area (Å²) in [6.45, 7) is 0.174. The second-order valence-electron chi connectivity index (χ2n) is 5.94. The Morgan fingerprint density at radius 3 is 2.75 bits per heavy atom. The van der Waals surface area contributed by atoms with Crippen LogP contribution >= 0.6 is 0 Å². The molecule has 0 spiro atoms. The Kier molecular flexibility index (Phi) is 4.84. The van der Waals surface area contributed by atoms with Crippen LogP contribution in [0.25, 0.3) is 0 Å². The average Bonchev–Trinajstić information content (AvgIpc) is 3.14. The Balaban J connectivity index is 1.58. The fraction of sp³-hybridized carbons (Fsp3) is 0.562. The number of nitrogens with zero attached hydrogens (tertiary/aromatic N) is 1. The number of alkyl halides is 3. The van der Waals surface area contributed by atoms with Crippen LogP contribution < -0.4 is 15.4 Å². The van der Waals surface area contributed by atoms with Crippen LogP contribution in [0.15, 0.2) is 29.3 Å². The van der Waals surface area contributed by atoms with Crippen LogP contribution in [0.3, 0.4) is 0 Å². The van der Waals surface area contributed by atoms with Gasteiger partial charge in [-0.2, -0.15) is 0 Å². The number of hydrogen-bond donors (Lipinski definition) is 2. The average molecular weight is 343 g/mol.